The number of nitrogens with zero attached hydrogens (tertiary/aromatic N) is 4. The molecule has 2 aliphatic heterocycles. The maximum atomic E-state index is 12.4. The minimum absolute atomic E-state index is 0.00661. The van der Waals surface area contributed by atoms with Gasteiger partial charge in [-0.1, -0.05) is 10.7 Å². The Morgan fingerprint density at radius 3 is 2.62 bits per heavy atom. The Morgan fingerprint density at radius 1 is 1.12 bits per heavy atom. The van der Waals surface area contributed by atoms with Gasteiger partial charge in [0.2, 0.25) is 17.7 Å². The van der Waals surface area contributed by atoms with E-state index in [2.05, 4.69) is 10.1 Å². The quantitative estimate of drug-likeness (QED) is 0.771. The highest BCUT2D eigenvalue weighted by atomic mass is 16.5. The van der Waals surface area contributed by atoms with Gasteiger partial charge in [-0.2, -0.15) is 4.98 Å². The Bertz CT molecular complexity index is 753. The lowest BCUT2D eigenvalue weighted by Crippen LogP contribution is -2.61. The van der Waals surface area contributed by atoms with Crippen LogP contribution in [0.1, 0.15) is 68.5 Å². The van der Waals surface area contributed by atoms with Crippen LogP contribution in [0.25, 0.3) is 0 Å². The third kappa shape index (κ3) is 2.93. The highest BCUT2D eigenvalue weighted by Crippen LogP contribution is 2.39. The van der Waals surface area contributed by atoms with Gasteiger partial charge in [-0.25, -0.2) is 0 Å². The van der Waals surface area contributed by atoms with E-state index in [1.807, 2.05) is 15.9 Å². The molecule has 4 aliphatic rings. The van der Waals surface area contributed by atoms with Crippen molar-refractivity contribution in [3.63, 3.8) is 0 Å². The van der Waals surface area contributed by atoms with Crippen molar-refractivity contribution >= 4 is 11.8 Å². The predicted octanol–water partition coefficient (Wildman–Crippen LogP) is 1.97. The summed E-state index contributed by atoms with van der Waals surface area (Å²) in [6.45, 7) is 1.90. The van der Waals surface area contributed by atoms with Crippen molar-refractivity contribution < 1.29 is 14.1 Å². The third-order valence-corrected chi connectivity index (χ3v) is 6.10. The Kier molecular flexibility index (Phi) is 3.83. The smallest absolute Gasteiger partial charge is 0.246 e. The van der Waals surface area contributed by atoms with Crippen LogP contribution < -0.4 is 0 Å². The van der Waals surface area contributed by atoms with Crippen molar-refractivity contribution in [1.29, 1.82) is 0 Å². The molecule has 7 heteroatoms. The molecule has 2 aliphatic carbocycles. The van der Waals surface area contributed by atoms with Gasteiger partial charge in [0.15, 0.2) is 5.82 Å². The summed E-state index contributed by atoms with van der Waals surface area (Å²) in [4.78, 5) is 33.0. The molecule has 3 heterocycles. The van der Waals surface area contributed by atoms with Crippen LogP contribution in [0, 0.1) is 0 Å². The zero-order chi connectivity index (χ0) is 17.7. The molecule has 1 aromatic heterocycles. The molecule has 1 aromatic rings. The van der Waals surface area contributed by atoms with E-state index >= 15 is 0 Å². The fourth-order valence-corrected chi connectivity index (χ4v) is 4.24. The van der Waals surface area contributed by atoms with Gasteiger partial charge in [0, 0.05) is 38.0 Å². The molecule has 1 atom stereocenters. The topological polar surface area (TPSA) is 79.5 Å². The first-order chi connectivity index (χ1) is 12.7. The highest BCUT2D eigenvalue weighted by Gasteiger charge is 2.43. The van der Waals surface area contributed by atoms with Crippen molar-refractivity contribution in [3.05, 3.63) is 23.4 Å². The molecule has 26 heavy (non-hydrogen) atoms. The Hall–Kier alpha value is -2.18. The van der Waals surface area contributed by atoms with Gasteiger partial charge in [-0.05, 0) is 38.5 Å². The number of carbonyl (C=O) groups excluding carboxylic acids is 2. The normalized spacial score (nSPS) is 26.5. The number of aromatic nitrogens is 2. The van der Waals surface area contributed by atoms with E-state index in [0.717, 1.165) is 31.5 Å². The van der Waals surface area contributed by atoms with E-state index in [4.69, 9.17) is 4.52 Å². The average Bonchev–Trinajstić information content (AvgIpc) is 2.98. The number of likely N-dealkylation sites (tertiary alicyclic amines) is 2. The summed E-state index contributed by atoms with van der Waals surface area (Å²) in [6.07, 6.45) is 9.03. The molecule has 0 N–H and O–H groups in total. The Morgan fingerprint density at radius 2 is 1.88 bits per heavy atom. The zero-order valence-corrected chi connectivity index (χ0v) is 14.9. The number of allylic oxidation sites excluding steroid dienone is 1. The van der Waals surface area contributed by atoms with E-state index < -0.39 is 0 Å². The molecule has 7 nitrogen and oxygen atoms in total. The molecular formula is C19H24N4O3. The second-order valence-corrected chi connectivity index (χ2v) is 8.12. The maximum Gasteiger partial charge on any atom is 0.246 e. The summed E-state index contributed by atoms with van der Waals surface area (Å²) in [5.74, 6) is 2.08. The van der Waals surface area contributed by atoms with Gasteiger partial charge >= 0.3 is 0 Å². The first kappa shape index (κ1) is 16.0. The van der Waals surface area contributed by atoms with Crippen molar-refractivity contribution in [2.45, 2.75) is 62.8 Å². The van der Waals surface area contributed by atoms with E-state index in [9.17, 15) is 9.59 Å². The third-order valence-electron chi connectivity index (χ3n) is 6.10. The summed E-state index contributed by atoms with van der Waals surface area (Å²) in [5, 5.41) is 4.06. The van der Waals surface area contributed by atoms with Crippen LogP contribution in [0.3, 0.4) is 0 Å². The molecule has 2 saturated heterocycles. The van der Waals surface area contributed by atoms with Gasteiger partial charge < -0.3 is 14.3 Å². The summed E-state index contributed by atoms with van der Waals surface area (Å²) >= 11 is 0. The lowest BCUT2D eigenvalue weighted by atomic mass is 10.1. The second kappa shape index (κ2) is 6.21. The molecule has 2 amide bonds. The first-order valence-corrected chi connectivity index (χ1v) is 9.78. The molecule has 0 spiro atoms. The van der Waals surface area contributed by atoms with Gasteiger partial charge in [0.1, 0.15) is 0 Å². The molecule has 0 bridgehead atoms. The molecule has 5 rings (SSSR count). The van der Waals surface area contributed by atoms with Crippen LogP contribution in [-0.2, 0) is 9.59 Å². The van der Waals surface area contributed by atoms with Gasteiger partial charge in [-0.3, -0.25) is 9.59 Å². The number of rotatable bonds is 4. The predicted molar refractivity (Wildman–Crippen MR) is 92.3 cm³/mol. The van der Waals surface area contributed by atoms with Crippen LogP contribution in [0.5, 0.6) is 0 Å². The monoisotopic (exact) mass is 356 g/mol. The van der Waals surface area contributed by atoms with E-state index in [0.29, 0.717) is 37.9 Å². The molecule has 4 fully saturated rings. The largest absolute Gasteiger partial charge is 0.339 e. The van der Waals surface area contributed by atoms with Crippen molar-refractivity contribution in [1.82, 2.24) is 19.9 Å². The summed E-state index contributed by atoms with van der Waals surface area (Å²) in [6, 6.07) is 0.129. The molecule has 1 unspecified atom stereocenters. The minimum Gasteiger partial charge on any atom is -0.339 e. The summed E-state index contributed by atoms with van der Waals surface area (Å²) in [7, 11) is 0. The minimum atomic E-state index is -0.00661. The molecule has 2 saturated carbocycles. The SMILES string of the molecule is O=C(C=C1CCCC1)N1CC(N2CC(c3nc(C4CC4)no3)CC2=O)C1. The first-order valence-electron chi connectivity index (χ1n) is 9.78. The van der Waals surface area contributed by atoms with Crippen molar-refractivity contribution in [2.75, 3.05) is 19.6 Å². The summed E-state index contributed by atoms with van der Waals surface area (Å²) < 4.78 is 5.40. The van der Waals surface area contributed by atoms with Gasteiger partial charge in [0.25, 0.3) is 0 Å². The Labute approximate surface area is 152 Å². The molecule has 138 valence electrons. The van der Waals surface area contributed by atoms with Crippen LogP contribution >= 0.6 is 0 Å². The fraction of sp³-hybridized carbons (Fsp3) is 0.684. The van der Waals surface area contributed by atoms with Crippen LogP contribution in [0.4, 0.5) is 0 Å². The van der Waals surface area contributed by atoms with E-state index in [1.54, 1.807) is 0 Å². The van der Waals surface area contributed by atoms with Crippen LogP contribution in [0.2, 0.25) is 0 Å². The fourth-order valence-electron chi connectivity index (χ4n) is 4.24. The molecule has 0 aromatic carbocycles. The number of carbonyl (C=O) groups is 2. The standard InChI is InChI=1S/C19H24N4O3/c24-16(7-12-3-1-2-4-12)22-10-15(11-22)23-9-14(8-17(23)25)19-20-18(21-26-19)13-5-6-13/h7,13-15H,1-6,8-11H2. The van der Waals surface area contributed by atoms with E-state index in [-0.39, 0.29) is 23.8 Å². The second-order valence-electron chi connectivity index (χ2n) is 8.12. The molecular weight excluding hydrogens is 332 g/mol. The van der Waals surface area contributed by atoms with E-state index in [1.165, 1.54) is 18.4 Å². The average molecular weight is 356 g/mol. The van der Waals surface area contributed by atoms with Crippen LogP contribution in [-0.4, -0.2) is 57.4 Å². The summed E-state index contributed by atoms with van der Waals surface area (Å²) in [5.41, 5.74) is 1.28. The number of hydrogen-bond donors (Lipinski definition) is 0. The zero-order valence-electron chi connectivity index (χ0n) is 14.9. The maximum absolute atomic E-state index is 12.4. The lowest BCUT2D eigenvalue weighted by molar-refractivity contribution is -0.141. The Balaban J connectivity index is 1.17. The van der Waals surface area contributed by atoms with Crippen molar-refractivity contribution in [3.8, 4) is 0 Å². The number of amides is 2. The molecule has 0 radical (unpaired) electrons. The highest BCUT2D eigenvalue weighted by molar-refractivity contribution is 5.89. The lowest BCUT2D eigenvalue weighted by Gasteiger charge is -2.43. The van der Waals surface area contributed by atoms with Gasteiger partial charge in [-0.15, -0.1) is 0 Å². The van der Waals surface area contributed by atoms with Crippen molar-refractivity contribution in [2.24, 2.45) is 0 Å². The number of hydrogen-bond acceptors (Lipinski definition) is 5. The van der Waals surface area contributed by atoms with Crippen LogP contribution in [0.15, 0.2) is 16.2 Å². The van der Waals surface area contributed by atoms with Gasteiger partial charge in [0.05, 0.1) is 12.0 Å².